The molecule has 0 radical (unpaired) electrons. The van der Waals surface area contributed by atoms with E-state index in [0.717, 1.165) is 29.2 Å². The summed E-state index contributed by atoms with van der Waals surface area (Å²) in [5.74, 6) is 0.941. The van der Waals surface area contributed by atoms with Gasteiger partial charge in [0.1, 0.15) is 11.9 Å². The molecule has 10 rings (SSSR count). The maximum absolute atomic E-state index is 6.61. The monoisotopic (exact) mass is 719 g/mol. The standard InChI is InChI=1S/C54H41NO/c1-36-32-43-33-42-17-13-23-48(54(42)52(43)35-53(36)56-37(2)38-14-5-3-6-15-38)39-24-28-45(29-25-39)55(44-18-7-4-8-19-44)46-30-26-40(27-31-46)51-34-41-16-9-10-20-47(41)49-21-11-12-22-50(49)51/h3-32,34-35,37H,33H2,1-2H3. The van der Waals surface area contributed by atoms with Gasteiger partial charge in [-0.3, -0.25) is 0 Å². The van der Waals surface area contributed by atoms with Crippen LogP contribution in [-0.2, 0) is 6.42 Å². The molecular formula is C54H41NO. The summed E-state index contributed by atoms with van der Waals surface area (Å²) in [6.45, 7) is 4.29. The summed E-state index contributed by atoms with van der Waals surface area (Å²) in [7, 11) is 0. The molecule has 0 heterocycles. The molecule has 0 saturated heterocycles. The van der Waals surface area contributed by atoms with E-state index in [9.17, 15) is 0 Å². The minimum atomic E-state index is -0.0426. The van der Waals surface area contributed by atoms with E-state index in [1.165, 1.54) is 77.2 Å². The van der Waals surface area contributed by atoms with Crippen molar-refractivity contribution in [3.8, 4) is 39.1 Å². The van der Waals surface area contributed by atoms with E-state index in [0.29, 0.717) is 0 Å². The molecule has 0 N–H and O–H groups in total. The molecule has 2 heteroatoms. The molecule has 0 amide bonds. The van der Waals surface area contributed by atoms with Crippen LogP contribution in [0.4, 0.5) is 17.1 Å². The highest BCUT2D eigenvalue weighted by Crippen LogP contribution is 2.46. The van der Waals surface area contributed by atoms with Crippen LogP contribution >= 0.6 is 0 Å². The van der Waals surface area contributed by atoms with Crippen LogP contribution in [0.25, 0.3) is 54.9 Å². The first-order valence-electron chi connectivity index (χ1n) is 19.5. The minimum Gasteiger partial charge on any atom is -0.486 e. The summed E-state index contributed by atoms with van der Waals surface area (Å²) in [5.41, 5.74) is 15.9. The van der Waals surface area contributed by atoms with Crippen LogP contribution in [0.2, 0.25) is 0 Å². The Morgan fingerprint density at radius 3 is 1.77 bits per heavy atom. The van der Waals surface area contributed by atoms with Crippen LogP contribution in [0.1, 0.15) is 35.3 Å². The van der Waals surface area contributed by atoms with Gasteiger partial charge < -0.3 is 9.64 Å². The van der Waals surface area contributed by atoms with Crippen LogP contribution in [0, 0.1) is 6.92 Å². The molecule has 1 atom stereocenters. The number of rotatable bonds is 8. The Kier molecular flexibility index (Phi) is 8.45. The average Bonchev–Trinajstić information content (AvgIpc) is 3.62. The zero-order valence-corrected chi connectivity index (χ0v) is 31.6. The first-order valence-corrected chi connectivity index (χ1v) is 19.5. The molecule has 9 aromatic rings. The topological polar surface area (TPSA) is 12.5 Å². The van der Waals surface area contributed by atoms with Crippen molar-refractivity contribution in [1.82, 2.24) is 0 Å². The van der Waals surface area contributed by atoms with Gasteiger partial charge in [-0.25, -0.2) is 0 Å². The minimum absolute atomic E-state index is 0.0426. The summed E-state index contributed by atoms with van der Waals surface area (Å²) in [6, 6.07) is 70.3. The molecule has 0 fully saturated rings. The second-order valence-electron chi connectivity index (χ2n) is 14.9. The quantitative estimate of drug-likeness (QED) is 0.145. The Labute approximate surface area is 328 Å². The first kappa shape index (κ1) is 33.7. The van der Waals surface area contributed by atoms with Crippen molar-refractivity contribution < 1.29 is 4.74 Å². The van der Waals surface area contributed by atoms with Crippen molar-refractivity contribution in [2.45, 2.75) is 26.4 Å². The van der Waals surface area contributed by atoms with Crippen molar-refractivity contribution in [3.63, 3.8) is 0 Å². The summed E-state index contributed by atoms with van der Waals surface area (Å²) < 4.78 is 6.61. The van der Waals surface area contributed by atoms with Gasteiger partial charge in [0.25, 0.3) is 0 Å². The molecule has 0 aliphatic heterocycles. The molecule has 1 aliphatic rings. The van der Waals surface area contributed by atoms with E-state index in [1.54, 1.807) is 0 Å². The highest BCUT2D eigenvalue weighted by atomic mass is 16.5. The lowest BCUT2D eigenvalue weighted by Crippen LogP contribution is -2.09. The van der Waals surface area contributed by atoms with E-state index in [1.807, 2.05) is 6.07 Å². The molecule has 1 aliphatic carbocycles. The predicted molar refractivity (Wildman–Crippen MR) is 235 cm³/mol. The van der Waals surface area contributed by atoms with Crippen LogP contribution in [-0.4, -0.2) is 0 Å². The lowest BCUT2D eigenvalue weighted by Gasteiger charge is -2.26. The maximum atomic E-state index is 6.61. The Morgan fingerprint density at radius 2 is 1.05 bits per heavy atom. The van der Waals surface area contributed by atoms with Gasteiger partial charge in [0.05, 0.1) is 0 Å². The number of ether oxygens (including phenoxy) is 1. The lowest BCUT2D eigenvalue weighted by atomic mass is 9.93. The number of hydrogen-bond donors (Lipinski definition) is 0. The number of para-hydroxylation sites is 1. The average molecular weight is 720 g/mol. The van der Waals surface area contributed by atoms with Crippen LogP contribution in [0.3, 0.4) is 0 Å². The lowest BCUT2D eigenvalue weighted by molar-refractivity contribution is 0.225. The summed E-state index contributed by atoms with van der Waals surface area (Å²) in [6.07, 6.45) is 0.887. The van der Waals surface area contributed by atoms with Crippen molar-refractivity contribution in [1.29, 1.82) is 0 Å². The van der Waals surface area contributed by atoms with Gasteiger partial charge >= 0.3 is 0 Å². The smallest absolute Gasteiger partial charge is 0.123 e. The number of nitrogens with zero attached hydrogens (tertiary/aromatic N) is 1. The van der Waals surface area contributed by atoms with Gasteiger partial charge in [-0.2, -0.15) is 0 Å². The Hall–Kier alpha value is -6.90. The molecule has 0 bridgehead atoms. The van der Waals surface area contributed by atoms with Gasteiger partial charge in [-0.05, 0) is 146 Å². The highest BCUT2D eigenvalue weighted by Gasteiger charge is 2.25. The van der Waals surface area contributed by atoms with Gasteiger partial charge in [0, 0.05) is 17.1 Å². The van der Waals surface area contributed by atoms with Crippen molar-refractivity contribution >= 4 is 38.6 Å². The largest absolute Gasteiger partial charge is 0.486 e. The van der Waals surface area contributed by atoms with Crippen LogP contribution < -0.4 is 9.64 Å². The Balaban J connectivity index is 0.996. The molecule has 0 aromatic heterocycles. The fraction of sp³-hybridized carbons (Fsp3) is 0.0741. The second-order valence-corrected chi connectivity index (χ2v) is 14.9. The SMILES string of the molecule is Cc1cc2c(cc1OC(C)c1ccccc1)-c1c(cccc1-c1ccc(N(c3ccccc3)c3ccc(-c4cc5ccccc5c5ccccc45)cc3)cc1)C2. The summed E-state index contributed by atoms with van der Waals surface area (Å²) in [5, 5.41) is 5.09. The summed E-state index contributed by atoms with van der Waals surface area (Å²) in [4.78, 5) is 2.34. The molecule has 2 nitrogen and oxygen atoms in total. The van der Waals surface area contributed by atoms with E-state index >= 15 is 0 Å². The number of anilines is 3. The van der Waals surface area contributed by atoms with E-state index in [2.05, 4.69) is 207 Å². The normalized spacial score (nSPS) is 12.3. The van der Waals surface area contributed by atoms with Crippen LogP contribution in [0.5, 0.6) is 5.75 Å². The third kappa shape index (κ3) is 6.01. The highest BCUT2D eigenvalue weighted by molar-refractivity contribution is 6.13. The molecule has 0 spiro atoms. The Morgan fingerprint density at radius 1 is 0.464 bits per heavy atom. The van der Waals surface area contributed by atoms with Gasteiger partial charge in [-0.1, -0.05) is 146 Å². The molecule has 268 valence electrons. The van der Waals surface area contributed by atoms with E-state index in [4.69, 9.17) is 4.74 Å². The first-order chi connectivity index (χ1) is 27.6. The third-order valence-corrected chi connectivity index (χ3v) is 11.4. The number of fused-ring (bicyclic) bond motifs is 6. The predicted octanol–water partition coefficient (Wildman–Crippen LogP) is 14.8. The molecule has 1 unspecified atom stereocenters. The van der Waals surface area contributed by atoms with Crippen molar-refractivity contribution in [2.24, 2.45) is 0 Å². The Bertz CT molecular complexity index is 2860. The molecular weight excluding hydrogens is 679 g/mol. The number of aryl methyl sites for hydroxylation is 1. The second kappa shape index (κ2) is 14.1. The molecule has 9 aromatic carbocycles. The van der Waals surface area contributed by atoms with Crippen molar-refractivity contribution in [3.05, 3.63) is 216 Å². The van der Waals surface area contributed by atoms with Gasteiger partial charge in [0.2, 0.25) is 0 Å². The zero-order chi connectivity index (χ0) is 37.6. The van der Waals surface area contributed by atoms with Crippen LogP contribution in [0.15, 0.2) is 194 Å². The van der Waals surface area contributed by atoms with E-state index in [-0.39, 0.29) is 6.10 Å². The third-order valence-electron chi connectivity index (χ3n) is 11.4. The number of benzene rings is 9. The fourth-order valence-corrected chi connectivity index (χ4v) is 8.65. The number of hydrogen-bond acceptors (Lipinski definition) is 2. The van der Waals surface area contributed by atoms with E-state index < -0.39 is 0 Å². The summed E-state index contributed by atoms with van der Waals surface area (Å²) >= 11 is 0. The van der Waals surface area contributed by atoms with Crippen molar-refractivity contribution in [2.75, 3.05) is 4.90 Å². The maximum Gasteiger partial charge on any atom is 0.123 e. The molecule has 56 heavy (non-hydrogen) atoms. The van der Waals surface area contributed by atoms with Gasteiger partial charge in [0.15, 0.2) is 0 Å². The molecule has 0 saturated carbocycles. The van der Waals surface area contributed by atoms with Gasteiger partial charge in [-0.15, -0.1) is 0 Å². The fourth-order valence-electron chi connectivity index (χ4n) is 8.65. The zero-order valence-electron chi connectivity index (χ0n) is 31.6.